The molecule has 0 saturated carbocycles. The van der Waals surface area contributed by atoms with Crippen LogP contribution in [0.15, 0.2) is 35.1 Å². The fourth-order valence-corrected chi connectivity index (χ4v) is 4.88. The van der Waals surface area contributed by atoms with Gasteiger partial charge in [-0.2, -0.15) is 0 Å². The summed E-state index contributed by atoms with van der Waals surface area (Å²) >= 11 is 1.45. The van der Waals surface area contributed by atoms with Crippen LogP contribution in [0, 0.1) is 5.92 Å². The first-order valence-electron chi connectivity index (χ1n) is 9.57. The molecule has 0 radical (unpaired) electrons. The van der Waals surface area contributed by atoms with Gasteiger partial charge >= 0.3 is 5.97 Å². The van der Waals surface area contributed by atoms with E-state index in [1.54, 1.807) is 24.3 Å². The topological polar surface area (TPSA) is 104 Å². The van der Waals surface area contributed by atoms with Crippen molar-refractivity contribution in [2.24, 2.45) is 5.92 Å². The van der Waals surface area contributed by atoms with E-state index in [1.165, 1.54) is 24.8 Å². The minimum absolute atomic E-state index is 0.181. The molecule has 156 valence electrons. The molecule has 1 N–H and O–H groups in total. The number of anilines is 1. The van der Waals surface area contributed by atoms with Crippen molar-refractivity contribution in [3.8, 4) is 17.2 Å². The quantitative estimate of drug-likeness (QED) is 0.598. The highest BCUT2D eigenvalue weighted by Gasteiger charge is 2.28. The normalized spacial score (nSPS) is 15.3. The Morgan fingerprint density at radius 3 is 2.80 bits per heavy atom. The lowest BCUT2D eigenvalue weighted by Gasteiger charge is -2.18. The second-order valence-electron chi connectivity index (χ2n) is 7.15. The molecule has 2 heterocycles. The minimum Gasteiger partial charge on any atom is -0.484 e. The van der Waals surface area contributed by atoms with Crippen molar-refractivity contribution in [1.29, 1.82) is 0 Å². The van der Waals surface area contributed by atoms with Crippen LogP contribution in [0.4, 0.5) is 5.00 Å². The molecule has 1 aromatic carbocycles. The zero-order valence-electron chi connectivity index (χ0n) is 16.6. The van der Waals surface area contributed by atoms with Crippen molar-refractivity contribution in [3.05, 3.63) is 46.7 Å². The fraction of sp³-hybridized carbons (Fsp3) is 0.333. The summed E-state index contributed by atoms with van der Waals surface area (Å²) in [5.74, 6) is 0.734. The first kappa shape index (κ1) is 20.1. The van der Waals surface area contributed by atoms with Gasteiger partial charge in [-0.1, -0.05) is 6.92 Å². The predicted octanol–water partition coefficient (Wildman–Crippen LogP) is 3.73. The summed E-state index contributed by atoms with van der Waals surface area (Å²) in [6.45, 7) is 2.01. The Kier molecular flexibility index (Phi) is 5.80. The third-order valence-electron chi connectivity index (χ3n) is 4.99. The van der Waals surface area contributed by atoms with Gasteiger partial charge in [-0.3, -0.25) is 4.79 Å². The first-order valence-corrected chi connectivity index (χ1v) is 10.4. The van der Waals surface area contributed by atoms with Crippen LogP contribution < -0.4 is 10.1 Å². The Morgan fingerprint density at radius 1 is 1.30 bits per heavy atom. The number of hydrogen-bond acceptors (Lipinski definition) is 8. The third-order valence-corrected chi connectivity index (χ3v) is 6.16. The highest BCUT2D eigenvalue weighted by atomic mass is 32.1. The van der Waals surface area contributed by atoms with Gasteiger partial charge in [0.2, 0.25) is 12.3 Å². The monoisotopic (exact) mass is 427 g/mol. The average Bonchev–Trinajstić information content (AvgIpc) is 3.40. The van der Waals surface area contributed by atoms with Gasteiger partial charge in [0.25, 0.3) is 5.91 Å². The highest BCUT2D eigenvalue weighted by molar-refractivity contribution is 7.17. The molecule has 1 amide bonds. The molecule has 0 saturated heterocycles. The highest BCUT2D eigenvalue weighted by Crippen LogP contribution is 2.40. The Labute approximate surface area is 177 Å². The lowest BCUT2D eigenvalue weighted by molar-refractivity contribution is -0.118. The molecule has 8 nitrogen and oxygen atoms in total. The van der Waals surface area contributed by atoms with Crippen molar-refractivity contribution in [3.63, 3.8) is 0 Å². The smallest absolute Gasteiger partial charge is 0.341 e. The number of esters is 1. The average molecular weight is 427 g/mol. The number of nitrogens with one attached hydrogen (secondary N) is 1. The zero-order valence-corrected chi connectivity index (χ0v) is 17.5. The summed E-state index contributed by atoms with van der Waals surface area (Å²) < 4.78 is 15.7. The molecule has 2 aromatic heterocycles. The zero-order chi connectivity index (χ0) is 21.1. The number of amides is 1. The van der Waals surface area contributed by atoms with Crippen molar-refractivity contribution >= 4 is 28.2 Å². The van der Waals surface area contributed by atoms with E-state index in [4.69, 9.17) is 13.9 Å². The summed E-state index contributed by atoms with van der Waals surface area (Å²) in [5, 5.41) is 10.8. The van der Waals surface area contributed by atoms with Gasteiger partial charge in [0.1, 0.15) is 10.8 Å². The van der Waals surface area contributed by atoms with Crippen LogP contribution in [0.3, 0.4) is 0 Å². The SMILES string of the molecule is COC(=O)c1c(NC(=O)COc2ccc(-c3nnco3)cc2)sc2c1CCC(C)C2. The molecule has 0 fully saturated rings. The van der Waals surface area contributed by atoms with E-state index in [0.29, 0.717) is 28.1 Å². The Hall–Kier alpha value is -3.20. The molecule has 0 spiro atoms. The lowest BCUT2D eigenvalue weighted by atomic mass is 9.88. The number of benzene rings is 1. The van der Waals surface area contributed by atoms with Gasteiger partial charge < -0.3 is 19.2 Å². The Balaban J connectivity index is 1.42. The van der Waals surface area contributed by atoms with Gasteiger partial charge in [0, 0.05) is 10.4 Å². The van der Waals surface area contributed by atoms with Crippen LogP contribution in [0.2, 0.25) is 0 Å². The van der Waals surface area contributed by atoms with E-state index >= 15 is 0 Å². The van der Waals surface area contributed by atoms with Crippen molar-refractivity contribution < 1.29 is 23.5 Å². The van der Waals surface area contributed by atoms with E-state index < -0.39 is 5.97 Å². The number of fused-ring (bicyclic) bond motifs is 1. The number of ether oxygens (including phenoxy) is 2. The predicted molar refractivity (Wildman–Crippen MR) is 111 cm³/mol. The van der Waals surface area contributed by atoms with Gasteiger partial charge in [0.15, 0.2) is 6.61 Å². The summed E-state index contributed by atoms with van der Waals surface area (Å²) in [7, 11) is 1.35. The maximum Gasteiger partial charge on any atom is 0.341 e. The van der Waals surface area contributed by atoms with E-state index in [1.807, 2.05) is 0 Å². The van der Waals surface area contributed by atoms with E-state index in [-0.39, 0.29) is 12.5 Å². The molecule has 1 aliphatic carbocycles. The molecule has 0 aliphatic heterocycles. The number of nitrogens with zero attached hydrogens (tertiary/aromatic N) is 2. The second-order valence-corrected chi connectivity index (χ2v) is 8.26. The Morgan fingerprint density at radius 2 is 2.10 bits per heavy atom. The van der Waals surface area contributed by atoms with Gasteiger partial charge in [-0.15, -0.1) is 21.5 Å². The molecule has 1 atom stereocenters. The third kappa shape index (κ3) is 4.20. The maximum absolute atomic E-state index is 12.5. The van der Waals surface area contributed by atoms with E-state index in [9.17, 15) is 9.59 Å². The lowest BCUT2D eigenvalue weighted by Crippen LogP contribution is -2.21. The van der Waals surface area contributed by atoms with Crippen molar-refractivity contribution in [2.75, 3.05) is 19.0 Å². The molecule has 3 aromatic rings. The number of methoxy groups -OCH3 is 1. The number of thiophene rings is 1. The van der Waals surface area contributed by atoms with Crippen molar-refractivity contribution in [1.82, 2.24) is 10.2 Å². The second kappa shape index (κ2) is 8.66. The number of carbonyl (C=O) groups is 2. The molecular weight excluding hydrogens is 406 g/mol. The molecule has 9 heteroatoms. The summed E-state index contributed by atoms with van der Waals surface area (Å²) in [6.07, 6.45) is 4.00. The molecule has 30 heavy (non-hydrogen) atoms. The number of rotatable bonds is 6. The molecular formula is C21H21N3O5S. The molecule has 4 rings (SSSR count). The number of aromatic nitrogens is 2. The molecule has 0 bridgehead atoms. The van der Waals surface area contributed by atoms with Gasteiger partial charge in [-0.05, 0) is 55.0 Å². The Bertz CT molecular complexity index is 1040. The molecule has 1 aliphatic rings. The van der Waals surface area contributed by atoms with Crippen LogP contribution in [-0.2, 0) is 22.4 Å². The number of hydrogen-bond donors (Lipinski definition) is 1. The number of carbonyl (C=O) groups excluding carboxylic acids is 2. The van der Waals surface area contributed by atoms with E-state index in [0.717, 1.165) is 35.3 Å². The standard InChI is InChI=1S/C21H21N3O5S/c1-12-3-8-15-16(9-12)30-20(18(15)21(26)27-2)23-17(25)10-28-14-6-4-13(5-7-14)19-24-22-11-29-19/h4-7,11-12H,3,8-10H2,1-2H3,(H,23,25). The van der Waals surface area contributed by atoms with Gasteiger partial charge in [0.05, 0.1) is 12.7 Å². The summed E-state index contributed by atoms with van der Waals surface area (Å²) in [5.41, 5.74) is 2.23. The van der Waals surface area contributed by atoms with Crippen LogP contribution in [-0.4, -0.2) is 35.8 Å². The van der Waals surface area contributed by atoms with Crippen molar-refractivity contribution in [2.45, 2.75) is 26.2 Å². The summed E-state index contributed by atoms with van der Waals surface area (Å²) in [4.78, 5) is 25.9. The first-order chi connectivity index (χ1) is 14.5. The minimum atomic E-state index is -0.421. The van der Waals surface area contributed by atoms with E-state index in [2.05, 4.69) is 22.4 Å². The maximum atomic E-state index is 12.5. The fourth-order valence-electron chi connectivity index (χ4n) is 3.46. The summed E-state index contributed by atoms with van der Waals surface area (Å²) in [6, 6.07) is 6.98. The van der Waals surface area contributed by atoms with Crippen LogP contribution in [0.1, 0.15) is 34.1 Å². The van der Waals surface area contributed by atoms with Crippen LogP contribution in [0.25, 0.3) is 11.5 Å². The molecule has 1 unspecified atom stereocenters. The van der Waals surface area contributed by atoms with Crippen LogP contribution >= 0.6 is 11.3 Å². The largest absolute Gasteiger partial charge is 0.484 e. The van der Waals surface area contributed by atoms with Gasteiger partial charge in [-0.25, -0.2) is 4.79 Å². The van der Waals surface area contributed by atoms with Crippen LogP contribution in [0.5, 0.6) is 5.75 Å².